The van der Waals surface area contributed by atoms with Gasteiger partial charge in [-0.1, -0.05) is 6.92 Å². The van der Waals surface area contributed by atoms with Crippen molar-refractivity contribution in [3.05, 3.63) is 47.9 Å². The molecule has 0 bridgehead atoms. The van der Waals surface area contributed by atoms with Crippen LogP contribution >= 0.6 is 0 Å². The summed E-state index contributed by atoms with van der Waals surface area (Å²) in [6, 6.07) is 5.19. The van der Waals surface area contributed by atoms with Gasteiger partial charge in [-0.2, -0.15) is 0 Å². The van der Waals surface area contributed by atoms with E-state index in [0.29, 0.717) is 29.7 Å². The largest absolute Gasteiger partial charge is 0.487 e. The molecule has 4 rings (SSSR count). The van der Waals surface area contributed by atoms with E-state index in [9.17, 15) is 4.39 Å². The van der Waals surface area contributed by atoms with Gasteiger partial charge in [0.05, 0.1) is 12.3 Å². The van der Waals surface area contributed by atoms with Gasteiger partial charge in [-0.15, -0.1) is 0 Å². The number of aryl methyl sites for hydroxylation is 1. The van der Waals surface area contributed by atoms with Crippen molar-refractivity contribution in [1.29, 1.82) is 0 Å². The molecule has 3 N–H and O–H groups in total. The number of hydrogen-bond acceptors (Lipinski definition) is 7. The topological polar surface area (TPSA) is 94.1 Å². The van der Waals surface area contributed by atoms with E-state index in [1.54, 1.807) is 13.0 Å². The molecule has 0 atom stereocenters. The Labute approximate surface area is 200 Å². The average Bonchev–Trinajstić information content (AvgIpc) is 3.27. The van der Waals surface area contributed by atoms with E-state index in [4.69, 9.17) is 15.5 Å². The van der Waals surface area contributed by atoms with Gasteiger partial charge in [-0.3, -0.25) is 0 Å². The van der Waals surface area contributed by atoms with E-state index in [2.05, 4.69) is 37.9 Å². The monoisotopic (exact) mass is 467 g/mol. The summed E-state index contributed by atoms with van der Waals surface area (Å²) in [6.07, 6.45) is 5.47. The number of ether oxygens (including phenoxy) is 1. The first-order chi connectivity index (χ1) is 16.5. The molecule has 3 heterocycles. The van der Waals surface area contributed by atoms with Crippen molar-refractivity contribution < 1.29 is 9.13 Å². The lowest BCUT2D eigenvalue weighted by Gasteiger charge is -2.33. The molecule has 1 saturated heterocycles. The molecule has 1 aliphatic heterocycles. The highest BCUT2D eigenvalue weighted by atomic mass is 19.1. The molecular formula is C25H34FN7O. The normalized spacial score (nSPS) is 14.5. The number of nitrogens with zero attached hydrogens (tertiary/aromatic N) is 5. The van der Waals surface area contributed by atoms with Gasteiger partial charge in [0, 0.05) is 43.9 Å². The summed E-state index contributed by atoms with van der Waals surface area (Å²) in [5.41, 5.74) is 8.50. The molecule has 8 nitrogen and oxygen atoms in total. The first kappa shape index (κ1) is 23.9. The molecule has 3 aromatic rings. The Morgan fingerprint density at radius 3 is 2.71 bits per heavy atom. The van der Waals surface area contributed by atoms with E-state index in [1.807, 2.05) is 13.0 Å². The minimum absolute atomic E-state index is 0.195. The SMILES string of the molecule is CCNCCn1cc(-c2ccc(F)c(C)c2)nc1C1CCN(c2ncnc(N)c2OCC)CC1. The Kier molecular flexibility index (Phi) is 7.62. The highest BCUT2D eigenvalue weighted by Gasteiger charge is 2.28. The summed E-state index contributed by atoms with van der Waals surface area (Å²) in [5.74, 6) is 2.90. The number of nitrogens with two attached hydrogens (primary N) is 1. The minimum atomic E-state index is -0.195. The zero-order chi connectivity index (χ0) is 24.1. The molecule has 9 heteroatoms. The van der Waals surface area contributed by atoms with Gasteiger partial charge >= 0.3 is 0 Å². The summed E-state index contributed by atoms with van der Waals surface area (Å²) in [7, 11) is 0. The fourth-order valence-corrected chi connectivity index (χ4v) is 4.49. The van der Waals surface area contributed by atoms with E-state index >= 15 is 0 Å². The van der Waals surface area contributed by atoms with Crippen LogP contribution in [-0.2, 0) is 6.54 Å². The number of piperidine rings is 1. The summed E-state index contributed by atoms with van der Waals surface area (Å²) in [4.78, 5) is 15.8. The van der Waals surface area contributed by atoms with Crippen molar-refractivity contribution in [2.75, 3.05) is 43.4 Å². The van der Waals surface area contributed by atoms with Crippen LogP contribution in [0.25, 0.3) is 11.3 Å². The lowest BCUT2D eigenvalue weighted by Crippen LogP contribution is -2.35. The average molecular weight is 468 g/mol. The fraction of sp³-hybridized carbons (Fsp3) is 0.480. The molecule has 0 saturated carbocycles. The third kappa shape index (κ3) is 5.14. The van der Waals surface area contributed by atoms with E-state index in [0.717, 1.165) is 68.5 Å². The maximum absolute atomic E-state index is 13.8. The molecule has 2 aromatic heterocycles. The van der Waals surface area contributed by atoms with Crippen molar-refractivity contribution in [3.63, 3.8) is 0 Å². The minimum Gasteiger partial charge on any atom is -0.487 e. The number of rotatable bonds is 9. The molecule has 1 aliphatic rings. The second-order valence-electron chi connectivity index (χ2n) is 8.60. The molecule has 1 aromatic carbocycles. The van der Waals surface area contributed by atoms with Crippen LogP contribution in [0, 0.1) is 12.7 Å². The van der Waals surface area contributed by atoms with Crippen molar-refractivity contribution >= 4 is 11.6 Å². The molecule has 1 fully saturated rings. The number of aromatic nitrogens is 4. The van der Waals surface area contributed by atoms with E-state index < -0.39 is 0 Å². The van der Waals surface area contributed by atoms with Crippen LogP contribution in [0.2, 0.25) is 0 Å². The summed E-state index contributed by atoms with van der Waals surface area (Å²) in [5, 5.41) is 3.40. The number of nitrogen functional groups attached to an aromatic ring is 1. The predicted molar refractivity (Wildman–Crippen MR) is 133 cm³/mol. The van der Waals surface area contributed by atoms with Crippen molar-refractivity contribution in [1.82, 2.24) is 24.8 Å². The fourth-order valence-electron chi connectivity index (χ4n) is 4.49. The summed E-state index contributed by atoms with van der Waals surface area (Å²) < 4.78 is 21.8. The van der Waals surface area contributed by atoms with Gasteiger partial charge in [0.2, 0.25) is 5.75 Å². The van der Waals surface area contributed by atoms with Crippen LogP contribution < -0.4 is 20.7 Å². The first-order valence-corrected chi connectivity index (χ1v) is 12.0. The Balaban J connectivity index is 1.55. The Hall–Kier alpha value is -3.20. The Morgan fingerprint density at radius 1 is 1.21 bits per heavy atom. The molecule has 182 valence electrons. The Bertz CT molecular complexity index is 1110. The smallest absolute Gasteiger partial charge is 0.204 e. The Morgan fingerprint density at radius 2 is 2.00 bits per heavy atom. The van der Waals surface area contributed by atoms with Crippen molar-refractivity contribution in [2.45, 2.75) is 46.1 Å². The maximum atomic E-state index is 13.8. The van der Waals surface area contributed by atoms with Gasteiger partial charge in [0.1, 0.15) is 18.0 Å². The number of anilines is 2. The van der Waals surface area contributed by atoms with Crippen LogP contribution in [-0.4, -0.2) is 52.3 Å². The van der Waals surface area contributed by atoms with Gasteiger partial charge in [-0.05, 0) is 57.0 Å². The number of likely N-dealkylation sites (N-methyl/N-ethyl adjacent to an activating group) is 1. The van der Waals surface area contributed by atoms with Crippen molar-refractivity contribution in [3.8, 4) is 17.0 Å². The number of nitrogens with one attached hydrogen (secondary N) is 1. The highest BCUT2D eigenvalue weighted by molar-refractivity contribution is 5.63. The van der Waals surface area contributed by atoms with Crippen LogP contribution in [0.1, 0.15) is 44.0 Å². The number of hydrogen-bond donors (Lipinski definition) is 2. The van der Waals surface area contributed by atoms with Crippen LogP contribution in [0.4, 0.5) is 16.0 Å². The summed E-state index contributed by atoms with van der Waals surface area (Å²) >= 11 is 0. The standard InChI is InChI=1S/C25H34FN7O/c1-4-28-10-13-33-15-21(19-6-7-20(26)17(3)14-19)31-24(33)18-8-11-32(12-9-18)25-22(34-5-2)23(27)29-16-30-25/h6-7,14-16,18,28H,4-5,8-13H2,1-3H3,(H2,27,29,30). The van der Waals surface area contributed by atoms with Crippen LogP contribution in [0.3, 0.4) is 0 Å². The predicted octanol–water partition coefficient (Wildman–Crippen LogP) is 3.76. The number of imidazole rings is 1. The highest BCUT2D eigenvalue weighted by Crippen LogP contribution is 2.36. The van der Waals surface area contributed by atoms with Crippen LogP contribution in [0.15, 0.2) is 30.7 Å². The third-order valence-electron chi connectivity index (χ3n) is 6.30. The summed E-state index contributed by atoms with van der Waals surface area (Å²) in [6.45, 7) is 10.6. The van der Waals surface area contributed by atoms with Gasteiger partial charge in [0.15, 0.2) is 11.6 Å². The molecule has 0 amide bonds. The van der Waals surface area contributed by atoms with E-state index in [1.165, 1.54) is 12.4 Å². The molecular weight excluding hydrogens is 433 g/mol. The van der Waals surface area contributed by atoms with E-state index in [-0.39, 0.29) is 5.82 Å². The van der Waals surface area contributed by atoms with Crippen molar-refractivity contribution in [2.24, 2.45) is 0 Å². The number of benzene rings is 1. The molecule has 0 unspecified atom stereocenters. The molecule has 34 heavy (non-hydrogen) atoms. The molecule has 0 aliphatic carbocycles. The number of halogens is 1. The van der Waals surface area contributed by atoms with Gasteiger partial charge in [0.25, 0.3) is 0 Å². The lowest BCUT2D eigenvalue weighted by atomic mass is 9.95. The molecule has 0 spiro atoms. The zero-order valence-corrected chi connectivity index (χ0v) is 20.2. The lowest BCUT2D eigenvalue weighted by molar-refractivity contribution is 0.338. The molecule has 0 radical (unpaired) electrons. The zero-order valence-electron chi connectivity index (χ0n) is 20.2. The second-order valence-corrected chi connectivity index (χ2v) is 8.60. The third-order valence-corrected chi connectivity index (χ3v) is 6.30. The second kappa shape index (κ2) is 10.8. The van der Waals surface area contributed by atoms with Crippen LogP contribution in [0.5, 0.6) is 5.75 Å². The van der Waals surface area contributed by atoms with Gasteiger partial charge < -0.3 is 25.3 Å². The first-order valence-electron chi connectivity index (χ1n) is 12.0. The quantitative estimate of drug-likeness (QED) is 0.463. The van der Waals surface area contributed by atoms with Gasteiger partial charge in [-0.25, -0.2) is 19.3 Å². The maximum Gasteiger partial charge on any atom is 0.204 e.